The number of aromatic nitrogens is 4. The van der Waals surface area contributed by atoms with Crippen molar-refractivity contribution >= 4 is 54.4 Å². The predicted molar refractivity (Wildman–Crippen MR) is 201 cm³/mol. The first-order chi connectivity index (χ1) is 24.0. The van der Waals surface area contributed by atoms with E-state index in [9.17, 15) is 0 Å². The smallest absolute Gasteiger partial charge is 0.503 e. The summed E-state index contributed by atoms with van der Waals surface area (Å²) in [5.74, 6) is 2.83. The summed E-state index contributed by atoms with van der Waals surface area (Å²) in [4.78, 5) is 9.73. The van der Waals surface area contributed by atoms with Gasteiger partial charge in [-0.25, -0.2) is 9.97 Å². The zero-order chi connectivity index (χ0) is 33.2. The molecule has 0 aliphatic rings. The zero-order valence-electron chi connectivity index (χ0n) is 28.2. The average Bonchev–Trinajstić information content (AvgIpc) is 3.70. The number of benzene rings is 6. The SMILES string of the molecule is CC(C)c1cccc(C(C)C)c1-n1cnc2c3c(ccc4ccc(Oc5[c-]c6c(cc5)c5ccccc5n6-c5ccccn5)[c-]c43)ccc21.[Pt+2]. The second-order valence-electron chi connectivity index (χ2n) is 13.3. The van der Waals surface area contributed by atoms with Gasteiger partial charge in [-0.15, -0.1) is 40.4 Å². The molecular weight excluding hydrogens is 796 g/mol. The van der Waals surface area contributed by atoms with Gasteiger partial charge in [0.1, 0.15) is 5.82 Å². The topological polar surface area (TPSA) is 44.9 Å². The van der Waals surface area contributed by atoms with Crippen LogP contribution in [-0.2, 0) is 21.1 Å². The Balaban J connectivity index is 0.00000361. The van der Waals surface area contributed by atoms with Crippen molar-refractivity contribution in [1.29, 1.82) is 0 Å². The molecule has 0 atom stereocenters. The van der Waals surface area contributed by atoms with E-state index in [0.717, 1.165) is 60.2 Å². The van der Waals surface area contributed by atoms with Crippen molar-refractivity contribution in [2.24, 2.45) is 0 Å². The van der Waals surface area contributed by atoms with Gasteiger partial charge in [0.05, 0.1) is 23.0 Å². The van der Waals surface area contributed by atoms with Crippen LogP contribution in [0, 0.1) is 12.1 Å². The van der Waals surface area contributed by atoms with Crippen LogP contribution >= 0.6 is 0 Å². The molecule has 3 heterocycles. The molecule has 0 amide bonds. The molecule has 246 valence electrons. The quantitative estimate of drug-likeness (QED) is 0.124. The van der Waals surface area contributed by atoms with Gasteiger partial charge in [-0.05, 0) is 52.6 Å². The largest absolute Gasteiger partial charge is 2.00 e. The Labute approximate surface area is 305 Å². The van der Waals surface area contributed by atoms with E-state index in [1.807, 2.05) is 42.9 Å². The number of nitrogens with zero attached hydrogens (tertiary/aromatic N) is 4. The van der Waals surface area contributed by atoms with Crippen molar-refractivity contribution < 1.29 is 25.8 Å². The third kappa shape index (κ3) is 5.11. The van der Waals surface area contributed by atoms with Gasteiger partial charge in [0.25, 0.3) is 0 Å². The summed E-state index contributed by atoms with van der Waals surface area (Å²) >= 11 is 0. The second-order valence-corrected chi connectivity index (χ2v) is 13.3. The molecule has 0 N–H and O–H groups in total. The van der Waals surface area contributed by atoms with Crippen LogP contribution in [0.25, 0.3) is 65.9 Å². The number of ether oxygens (including phenoxy) is 1. The predicted octanol–water partition coefficient (Wildman–Crippen LogP) is 11.5. The monoisotopic (exact) mass is 829 g/mol. The maximum absolute atomic E-state index is 6.53. The zero-order valence-corrected chi connectivity index (χ0v) is 30.5. The fraction of sp³-hybridized carbons (Fsp3) is 0.136. The Bertz CT molecular complexity index is 2680. The Kier molecular flexibility index (Phi) is 8.04. The molecule has 6 aromatic carbocycles. The summed E-state index contributed by atoms with van der Waals surface area (Å²) in [5, 5.41) is 6.50. The molecule has 0 radical (unpaired) electrons. The van der Waals surface area contributed by atoms with Gasteiger partial charge < -0.3 is 9.30 Å². The maximum Gasteiger partial charge on any atom is 2.00 e. The molecule has 0 spiro atoms. The van der Waals surface area contributed by atoms with Gasteiger partial charge in [-0.3, -0.25) is 4.57 Å². The van der Waals surface area contributed by atoms with Gasteiger partial charge in [0.2, 0.25) is 0 Å². The van der Waals surface area contributed by atoms with Crippen molar-refractivity contribution in [1.82, 2.24) is 19.1 Å². The van der Waals surface area contributed by atoms with Gasteiger partial charge in [-0.2, -0.15) is 6.07 Å². The van der Waals surface area contributed by atoms with E-state index in [1.54, 1.807) is 0 Å². The number of imidazole rings is 1. The van der Waals surface area contributed by atoms with E-state index in [0.29, 0.717) is 23.3 Å². The molecule has 50 heavy (non-hydrogen) atoms. The van der Waals surface area contributed by atoms with Crippen LogP contribution in [0.3, 0.4) is 0 Å². The number of pyridine rings is 1. The third-order valence-electron chi connectivity index (χ3n) is 9.63. The summed E-state index contributed by atoms with van der Waals surface area (Å²) in [7, 11) is 0. The molecule has 0 saturated heterocycles. The fourth-order valence-electron chi connectivity index (χ4n) is 7.32. The Morgan fingerprint density at radius 1 is 0.620 bits per heavy atom. The Hall–Kier alpha value is -5.25. The molecule has 0 aliphatic carbocycles. The van der Waals surface area contributed by atoms with Crippen molar-refractivity contribution in [2.75, 3.05) is 0 Å². The molecular formula is C44H34N4OPt. The van der Waals surface area contributed by atoms with Gasteiger partial charge >= 0.3 is 21.1 Å². The van der Waals surface area contributed by atoms with Gasteiger partial charge in [0.15, 0.2) is 0 Å². The van der Waals surface area contributed by atoms with Crippen LogP contribution in [0.1, 0.15) is 50.7 Å². The van der Waals surface area contributed by atoms with E-state index in [-0.39, 0.29) is 21.1 Å². The minimum Gasteiger partial charge on any atom is -0.503 e. The van der Waals surface area contributed by atoms with E-state index in [2.05, 4.69) is 133 Å². The Morgan fingerprint density at radius 2 is 1.32 bits per heavy atom. The van der Waals surface area contributed by atoms with Crippen molar-refractivity contribution in [2.45, 2.75) is 39.5 Å². The van der Waals surface area contributed by atoms with Crippen molar-refractivity contribution in [3.05, 3.63) is 145 Å². The molecule has 0 unspecified atom stereocenters. The summed E-state index contributed by atoms with van der Waals surface area (Å²) in [6.45, 7) is 9.03. The molecule has 5 nitrogen and oxygen atoms in total. The van der Waals surface area contributed by atoms with Crippen LogP contribution < -0.4 is 4.74 Å². The van der Waals surface area contributed by atoms with E-state index >= 15 is 0 Å². The Morgan fingerprint density at radius 3 is 2.10 bits per heavy atom. The molecule has 6 heteroatoms. The summed E-state index contributed by atoms with van der Waals surface area (Å²) in [5.41, 5.74) is 7.90. The minimum absolute atomic E-state index is 0. The van der Waals surface area contributed by atoms with Crippen molar-refractivity contribution in [3.63, 3.8) is 0 Å². The summed E-state index contributed by atoms with van der Waals surface area (Å²) < 4.78 is 11.0. The average molecular weight is 830 g/mol. The number of fused-ring (bicyclic) bond motifs is 8. The molecule has 9 rings (SSSR count). The third-order valence-corrected chi connectivity index (χ3v) is 9.63. The first-order valence-electron chi connectivity index (χ1n) is 16.9. The molecule has 0 bridgehead atoms. The molecule has 0 fully saturated rings. The summed E-state index contributed by atoms with van der Waals surface area (Å²) in [6, 6.07) is 45.1. The first kappa shape index (κ1) is 32.0. The number of para-hydroxylation sites is 2. The van der Waals surface area contributed by atoms with Crippen LogP contribution in [0.4, 0.5) is 0 Å². The van der Waals surface area contributed by atoms with Crippen LogP contribution in [-0.4, -0.2) is 19.1 Å². The van der Waals surface area contributed by atoms with Gasteiger partial charge in [0, 0.05) is 23.2 Å². The second kappa shape index (κ2) is 12.6. The number of rotatable bonds is 6. The van der Waals surface area contributed by atoms with E-state index < -0.39 is 0 Å². The first-order valence-corrected chi connectivity index (χ1v) is 16.9. The molecule has 0 aliphatic heterocycles. The van der Waals surface area contributed by atoms with Crippen molar-refractivity contribution in [3.8, 4) is 23.0 Å². The fourth-order valence-corrected chi connectivity index (χ4v) is 7.32. The number of hydrogen-bond acceptors (Lipinski definition) is 3. The van der Waals surface area contributed by atoms with Gasteiger partial charge in [-0.1, -0.05) is 111 Å². The normalized spacial score (nSPS) is 11.8. The van der Waals surface area contributed by atoms with E-state index in [1.165, 1.54) is 16.8 Å². The maximum atomic E-state index is 6.53. The number of hydrogen-bond donors (Lipinski definition) is 0. The molecule has 0 saturated carbocycles. The minimum atomic E-state index is 0. The van der Waals surface area contributed by atoms with Crippen LogP contribution in [0.5, 0.6) is 11.5 Å². The molecule has 3 aromatic heterocycles. The van der Waals surface area contributed by atoms with E-state index in [4.69, 9.17) is 9.72 Å². The summed E-state index contributed by atoms with van der Waals surface area (Å²) in [6.07, 6.45) is 3.80. The van der Waals surface area contributed by atoms with Crippen LogP contribution in [0.15, 0.2) is 122 Å². The standard InChI is InChI=1S/C44H34N4O.Pt/c1-27(2)33-11-9-12-34(28(3)4)44(33)47-26-46-43-39(47)22-18-30-16-15-29-17-19-31(24-37(29)42(30)43)49-32-20-21-36-35-10-5-6-13-38(35)48(40(36)25-32)41-14-7-8-23-45-41;/h5-23,26-28H,1-4H3;/q-2;+2. The molecule has 9 aromatic rings. The van der Waals surface area contributed by atoms with Crippen LogP contribution in [0.2, 0.25) is 0 Å².